The molecule has 1 heterocycles. The Morgan fingerprint density at radius 1 is 1.00 bits per heavy atom. The van der Waals surface area contributed by atoms with Gasteiger partial charge in [0.2, 0.25) is 5.91 Å². The maximum atomic E-state index is 12.5. The molecule has 3 heteroatoms. The van der Waals surface area contributed by atoms with Crippen LogP contribution in [0, 0.1) is 17.3 Å². The van der Waals surface area contributed by atoms with Crippen molar-refractivity contribution in [2.45, 2.75) is 64.7 Å². The molecule has 0 aromatic carbocycles. The van der Waals surface area contributed by atoms with Crippen molar-refractivity contribution < 1.29 is 4.79 Å². The van der Waals surface area contributed by atoms with E-state index in [4.69, 9.17) is 11.6 Å². The van der Waals surface area contributed by atoms with Crippen molar-refractivity contribution in [3.05, 3.63) is 0 Å². The highest BCUT2D eigenvalue weighted by molar-refractivity contribution is 6.20. The highest BCUT2D eigenvalue weighted by Gasteiger charge is 2.34. The predicted octanol–water partition coefficient (Wildman–Crippen LogP) is 4.07. The van der Waals surface area contributed by atoms with Gasteiger partial charge in [-0.2, -0.15) is 0 Å². The van der Waals surface area contributed by atoms with Crippen molar-refractivity contribution in [2.24, 2.45) is 17.3 Å². The molecule has 0 radical (unpaired) electrons. The van der Waals surface area contributed by atoms with Crippen LogP contribution >= 0.6 is 11.6 Å². The van der Waals surface area contributed by atoms with Crippen LogP contribution < -0.4 is 0 Å². The number of carbonyl (C=O) groups is 1. The Hall–Kier alpha value is -0.240. The smallest absolute Gasteiger partial charge is 0.225 e. The van der Waals surface area contributed by atoms with Crippen LogP contribution in [0.25, 0.3) is 0 Å². The molecule has 19 heavy (non-hydrogen) atoms. The third kappa shape index (κ3) is 3.87. The molecule has 1 aliphatic carbocycles. The number of piperidine rings is 1. The van der Waals surface area contributed by atoms with Gasteiger partial charge in [0.1, 0.15) is 0 Å². The quantitative estimate of drug-likeness (QED) is 0.665. The second-order valence-electron chi connectivity index (χ2n) is 7.41. The SMILES string of the molecule is CC(C)(C)C1CCC(C(=O)N2CCC(Cl)CC2)CC1. The fourth-order valence-electron chi connectivity index (χ4n) is 3.53. The highest BCUT2D eigenvalue weighted by Crippen LogP contribution is 2.40. The van der Waals surface area contributed by atoms with E-state index in [2.05, 4.69) is 25.7 Å². The lowest BCUT2D eigenvalue weighted by atomic mass is 9.69. The fourth-order valence-corrected chi connectivity index (χ4v) is 3.73. The minimum absolute atomic E-state index is 0.278. The molecule has 0 aromatic rings. The van der Waals surface area contributed by atoms with Crippen molar-refractivity contribution in [1.82, 2.24) is 4.90 Å². The lowest BCUT2D eigenvalue weighted by Gasteiger charge is -2.39. The largest absolute Gasteiger partial charge is 0.342 e. The number of alkyl halides is 1. The summed E-state index contributed by atoms with van der Waals surface area (Å²) in [6.45, 7) is 8.71. The zero-order valence-corrected chi connectivity index (χ0v) is 13.4. The van der Waals surface area contributed by atoms with Crippen molar-refractivity contribution >= 4 is 17.5 Å². The molecule has 2 rings (SSSR count). The molecule has 1 aliphatic heterocycles. The highest BCUT2D eigenvalue weighted by atomic mass is 35.5. The zero-order chi connectivity index (χ0) is 14.0. The first-order valence-electron chi connectivity index (χ1n) is 7.81. The average molecular weight is 286 g/mol. The van der Waals surface area contributed by atoms with Crippen molar-refractivity contribution in [3.8, 4) is 0 Å². The van der Waals surface area contributed by atoms with E-state index in [0.29, 0.717) is 11.3 Å². The molecule has 0 bridgehead atoms. The van der Waals surface area contributed by atoms with Crippen LogP contribution in [-0.2, 0) is 4.79 Å². The van der Waals surface area contributed by atoms with Crippen LogP contribution in [0.2, 0.25) is 0 Å². The van der Waals surface area contributed by atoms with E-state index in [9.17, 15) is 4.79 Å². The number of likely N-dealkylation sites (tertiary alicyclic amines) is 1. The molecule has 0 atom stereocenters. The van der Waals surface area contributed by atoms with Crippen LogP contribution in [0.5, 0.6) is 0 Å². The summed E-state index contributed by atoms with van der Waals surface area (Å²) < 4.78 is 0. The molecule has 2 nitrogen and oxygen atoms in total. The number of halogens is 1. The first-order chi connectivity index (χ1) is 8.88. The Labute approximate surface area is 122 Å². The van der Waals surface area contributed by atoms with Gasteiger partial charge in [-0.1, -0.05) is 20.8 Å². The normalized spacial score (nSPS) is 30.4. The van der Waals surface area contributed by atoms with Crippen LogP contribution in [0.1, 0.15) is 59.3 Å². The van der Waals surface area contributed by atoms with Gasteiger partial charge >= 0.3 is 0 Å². The van der Waals surface area contributed by atoms with E-state index < -0.39 is 0 Å². The summed E-state index contributed by atoms with van der Waals surface area (Å²) in [6.07, 6.45) is 6.52. The van der Waals surface area contributed by atoms with Gasteiger partial charge in [0.25, 0.3) is 0 Å². The van der Waals surface area contributed by atoms with Gasteiger partial charge in [-0.25, -0.2) is 0 Å². The third-order valence-electron chi connectivity index (χ3n) is 5.04. The van der Waals surface area contributed by atoms with Crippen LogP contribution in [0.4, 0.5) is 0 Å². The summed E-state index contributed by atoms with van der Waals surface area (Å²) in [5.41, 5.74) is 0.394. The molecule has 110 valence electrons. The van der Waals surface area contributed by atoms with Gasteiger partial charge in [0, 0.05) is 24.4 Å². The Morgan fingerprint density at radius 3 is 2.00 bits per heavy atom. The number of hydrogen-bond donors (Lipinski definition) is 0. The van der Waals surface area contributed by atoms with E-state index >= 15 is 0 Å². The molecule has 0 unspecified atom stereocenters. The predicted molar refractivity (Wildman–Crippen MR) is 80.4 cm³/mol. The number of rotatable bonds is 1. The van der Waals surface area contributed by atoms with Gasteiger partial charge < -0.3 is 4.90 Å². The summed E-state index contributed by atoms with van der Waals surface area (Å²) in [5.74, 6) is 1.46. The number of hydrogen-bond acceptors (Lipinski definition) is 1. The van der Waals surface area contributed by atoms with Gasteiger partial charge in [-0.05, 0) is 49.9 Å². The first kappa shape index (κ1) is 15.2. The van der Waals surface area contributed by atoms with Crippen LogP contribution in [0.3, 0.4) is 0 Å². The third-order valence-corrected chi connectivity index (χ3v) is 5.47. The molecule has 0 N–H and O–H groups in total. The van der Waals surface area contributed by atoms with Crippen molar-refractivity contribution in [3.63, 3.8) is 0 Å². The summed E-state index contributed by atoms with van der Waals surface area (Å²) in [5, 5.41) is 0.278. The molecule has 0 aromatic heterocycles. The summed E-state index contributed by atoms with van der Waals surface area (Å²) >= 11 is 6.10. The molecular weight excluding hydrogens is 258 g/mol. The minimum atomic E-state index is 0.278. The first-order valence-corrected chi connectivity index (χ1v) is 8.24. The number of carbonyl (C=O) groups excluding carboxylic acids is 1. The molecule has 1 saturated carbocycles. The second-order valence-corrected chi connectivity index (χ2v) is 8.03. The Bertz CT molecular complexity index is 307. The van der Waals surface area contributed by atoms with E-state index in [1.54, 1.807) is 0 Å². The molecule has 1 saturated heterocycles. The second kappa shape index (κ2) is 6.03. The lowest BCUT2D eigenvalue weighted by molar-refractivity contribution is -0.138. The maximum absolute atomic E-state index is 12.5. The molecular formula is C16H28ClNO. The topological polar surface area (TPSA) is 20.3 Å². The van der Waals surface area contributed by atoms with E-state index in [-0.39, 0.29) is 11.3 Å². The maximum Gasteiger partial charge on any atom is 0.225 e. The minimum Gasteiger partial charge on any atom is -0.342 e. The van der Waals surface area contributed by atoms with Crippen molar-refractivity contribution in [2.75, 3.05) is 13.1 Å². The van der Waals surface area contributed by atoms with E-state index in [0.717, 1.165) is 44.7 Å². The van der Waals surface area contributed by atoms with E-state index in [1.807, 2.05) is 0 Å². The molecule has 2 fully saturated rings. The van der Waals surface area contributed by atoms with Gasteiger partial charge in [0.05, 0.1) is 0 Å². The Balaban J connectivity index is 1.82. The van der Waals surface area contributed by atoms with Crippen LogP contribution in [0.15, 0.2) is 0 Å². The molecule has 2 aliphatic rings. The zero-order valence-electron chi connectivity index (χ0n) is 12.6. The molecule has 0 spiro atoms. The van der Waals surface area contributed by atoms with Gasteiger partial charge in [-0.3, -0.25) is 4.79 Å². The standard InChI is InChI=1S/C16H28ClNO/c1-16(2,3)13-6-4-12(5-7-13)15(19)18-10-8-14(17)9-11-18/h12-14H,4-11H2,1-3H3. The number of amides is 1. The van der Waals surface area contributed by atoms with Crippen LogP contribution in [-0.4, -0.2) is 29.3 Å². The lowest BCUT2D eigenvalue weighted by Crippen LogP contribution is -2.43. The number of nitrogens with zero attached hydrogens (tertiary/aromatic N) is 1. The summed E-state index contributed by atoms with van der Waals surface area (Å²) in [6, 6.07) is 0. The summed E-state index contributed by atoms with van der Waals surface area (Å²) in [4.78, 5) is 14.6. The summed E-state index contributed by atoms with van der Waals surface area (Å²) in [7, 11) is 0. The van der Waals surface area contributed by atoms with Crippen molar-refractivity contribution in [1.29, 1.82) is 0 Å². The Kier molecular flexibility index (Phi) is 4.81. The van der Waals surface area contributed by atoms with Gasteiger partial charge in [-0.15, -0.1) is 11.6 Å². The fraction of sp³-hybridized carbons (Fsp3) is 0.938. The van der Waals surface area contributed by atoms with Gasteiger partial charge in [0.15, 0.2) is 0 Å². The Morgan fingerprint density at radius 2 is 1.53 bits per heavy atom. The monoisotopic (exact) mass is 285 g/mol. The average Bonchev–Trinajstić information content (AvgIpc) is 2.38. The molecule has 1 amide bonds. The van der Waals surface area contributed by atoms with E-state index in [1.165, 1.54) is 12.8 Å².